The van der Waals surface area contributed by atoms with Gasteiger partial charge in [0, 0.05) is 5.92 Å². The number of aliphatic hydroxyl groups is 1. The van der Waals surface area contributed by atoms with Gasteiger partial charge in [-0.1, -0.05) is 44.6 Å². The summed E-state index contributed by atoms with van der Waals surface area (Å²) in [4.78, 5) is 0. The van der Waals surface area contributed by atoms with E-state index in [2.05, 4.69) is 19.9 Å². The molecule has 1 aliphatic carbocycles. The van der Waals surface area contributed by atoms with Gasteiger partial charge in [0.15, 0.2) is 0 Å². The van der Waals surface area contributed by atoms with Gasteiger partial charge in [-0.15, -0.1) is 0 Å². The zero-order valence-corrected chi connectivity index (χ0v) is 8.88. The molecule has 0 radical (unpaired) electrons. The summed E-state index contributed by atoms with van der Waals surface area (Å²) in [6.07, 6.45) is 8.96. The Hall–Kier alpha value is -0.560. The lowest BCUT2D eigenvalue weighted by Gasteiger charge is -2.36. The quantitative estimate of drug-likeness (QED) is 0.707. The van der Waals surface area contributed by atoms with E-state index in [4.69, 9.17) is 0 Å². The molecular formula is C12H20O. The van der Waals surface area contributed by atoms with Gasteiger partial charge in [-0.05, 0) is 19.3 Å². The Balaban J connectivity index is 2.92. The van der Waals surface area contributed by atoms with Gasteiger partial charge in [-0.3, -0.25) is 0 Å². The molecule has 0 fully saturated rings. The van der Waals surface area contributed by atoms with Crippen molar-refractivity contribution in [2.24, 2.45) is 5.92 Å². The second-order valence-electron chi connectivity index (χ2n) is 3.76. The van der Waals surface area contributed by atoms with Gasteiger partial charge >= 0.3 is 0 Å². The highest BCUT2D eigenvalue weighted by atomic mass is 16.3. The monoisotopic (exact) mass is 180 g/mol. The van der Waals surface area contributed by atoms with Gasteiger partial charge in [0.2, 0.25) is 0 Å². The molecule has 1 aliphatic rings. The maximum Gasteiger partial charge on any atom is 0.0893 e. The number of allylic oxidation sites excluding steroid dienone is 2. The summed E-state index contributed by atoms with van der Waals surface area (Å²) in [6, 6.07) is 0. The van der Waals surface area contributed by atoms with E-state index in [1.165, 1.54) is 5.57 Å². The van der Waals surface area contributed by atoms with E-state index in [9.17, 15) is 5.11 Å². The first-order chi connectivity index (χ1) is 6.18. The van der Waals surface area contributed by atoms with Crippen molar-refractivity contribution in [1.82, 2.24) is 0 Å². The van der Waals surface area contributed by atoms with E-state index >= 15 is 0 Å². The van der Waals surface area contributed by atoms with E-state index in [1.54, 1.807) is 0 Å². The minimum atomic E-state index is -0.588. The van der Waals surface area contributed by atoms with Crippen LogP contribution in [0.25, 0.3) is 0 Å². The van der Waals surface area contributed by atoms with Crippen molar-refractivity contribution in [3.8, 4) is 0 Å². The molecule has 0 aromatic rings. The first-order valence-corrected chi connectivity index (χ1v) is 5.28. The molecular weight excluding hydrogens is 160 g/mol. The Morgan fingerprint density at radius 2 is 2.08 bits per heavy atom. The summed E-state index contributed by atoms with van der Waals surface area (Å²) in [5.74, 6) is 0.326. The summed E-state index contributed by atoms with van der Waals surface area (Å²) >= 11 is 0. The van der Waals surface area contributed by atoms with Gasteiger partial charge in [0.05, 0.1) is 5.60 Å². The number of hydrogen-bond acceptors (Lipinski definition) is 1. The predicted molar refractivity (Wildman–Crippen MR) is 56.5 cm³/mol. The summed E-state index contributed by atoms with van der Waals surface area (Å²) in [5.41, 5.74) is 0.795. The summed E-state index contributed by atoms with van der Waals surface area (Å²) in [6.45, 7) is 6.35. The van der Waals surface area contributed by atoms with Crippen LogP contribution in [-0.4, -0.2) is 10.7 Å². The van der Waals surface area contributed by atoms with Crippen molar-refractivity contribution in [2.75, 3.05) is 0 Å². The van der Waals surface area contributed by atoms with E-state index in [1.807, 2.05) is 19.1 Å². The van der Waals surface area contributed by atoms with Gasteiger partial charge in [0.25, 0.3) is 0 Å². The van der Waals surface area contributed by atoms with Crippen molar-refractivity contribution >= 4 is 0 Å². The Morgan fingerprint density at radius 1 is 1.38 bits per heavy atom. The largest absolute Gasteiger partial charge is 0.385 e. The molecule has 1 nitrogen and oxygen atoms in total. The smallest absolute Gasteiger partial charge is 0.0893 e. The van der Waals surface area contributed by atoms with Crippen LogP contribution in [0.4, 0.5) is 0 Å². The first-order valence-electron chi connectivity index (χ1n) is 5.28. The Kier molecular flexibility index (Phi) is 3.32. The molecule has 1 rings (SSSR count). The van der Waals surface area contributed by atoms with Gasteiger partial charge < -0.3 is 5.11 Å². The second-order valence-corrected chi connectivity index (χ2v) is 3.76. The molecule has 0 aliphatic heterocycles. The Morgan fingerprint density at radius 3 is 2.54 bits per heavy atom. The van der Waals surface area contributed by atoms with Crippen molar-refractivity contribution in [3.05, 3.63) is 23.8 Å². The molecule has 0 heterocycles. The molecule has 1 N–H and O–H groups in total. The third kappa shape index (κ3) is 1.86. The number of rotatable bonds is 3. The van der Waals surface area contributed by atoms with Crippen molar-refractivity contribution in [2.45, 2.75) is 45.6 Å². The average Bonchev–Trinajstić information content (AvgIpc) is 2.17. The molecule has 2 atom stereocenters. The molecule has 0 bridgehead atoms. The second kappa shape index (κ2) is 4.10. The van der Waals surface area contributed by atoms with E-state index in [-0.39, 0.29) is 0 Å². The van der Waals surface area contributed by atoms with Crippen LogP contribution in [-0.2, 0) is 0 Å². The van der Waals surface area contributed by atoms with E-state index in [0.717, 1.165) is 19.3 Å². The molecule has 13 heavy (non-hydrogen) atoms. The Bertz CT molecular complexity index is 227. The van der Waals surface area contributed by atoms with Crippen molar-refractivity contribution < 1.29 is 5.11 Å². The molecule has 1 heteroatoms. The lowest BCUT2D eigenvalue weighted by atomic mass is 9.74. The van der Waals surface area contributed by atoms with Crippen LogP contribution in [0.5, 0.6) is 0 Å². The van der Waals surface area contributed by atoms with Crippen LogP contribution in [0, 0.1) is 5.92 Å². The van der Waals surface area contributed by atoms with E-state index < -0.39 is 5.60 Å². The first kappa shape index (κ1) is 10.5. The SMILES string of the molecule is CCC1=CC=CC(O)(CC)C1CC. The molecule has 0 amide bonds. The average molecular weight is 180 g/mol. The summed E-state index contributed by atoms with van der Waals surface area (Å²) in [7, 11) is 0. The zero-order chi connectivity index (χ0) is 9.90. The molecule has 0 aromatic heterocycles. The molecule has 0 saturated heterocycles. The predicted octanol–water partition coefficient (Wildman–Crippen LogP) is 3.06. The fraction of sp³-hybridized carbons (Fsp3) is 0.667. The molecule has 0 aromatic carbocycles. The third-order valence-corrected chi connectivity index (χ3v) is 3.13. The third-order valence-electron chi connectivity index (χ3n) is 3.13. The van der Waals surface area contributed by atoms with E-state index in [0.29, 0.717) is 5.92 Å². The molecule has 74 valence electrons. The standard InChI is InChI=1S/C12H20O/c1-4-10-8-7-9-12(13,6-3)11(10)5-2/h7-9,11,13H,4-6H2,1-3H3. The van der Waals surface area contributed by atoms with Gasteiger partial charge in [0.1, 0.15) is 0 Å². The molecule has 0 spiro atoms. The summed E-state index contributed by atoms with van der Waals surface area (Å²) < 4.78 is 0. The molecule has 2 unspecified atom stereocenters. The van der Waals surface area contributed by atoms with Crippen LogP contribution in [0.3, 0.4) is 0 Å². The van der Waals surface area contributed by atoms with Crippen LogP contribution in [0.2, 0.25) is 0 Å². The van der Waals surface area contributed by atoms with Crippen LogP contribution in [0.1, 0.15) is 40.0 Å². The lowest BCUT2D eigenvalue weighted by molar-refractivity contribution is 0.0349. The number of hydrogen-bond donors (Lipinski definition) is 1. The Labute approximate surface area is 81.2 Å². The molecule has 0 saturated carbocycles. The van der Waals surface area contributed by atoms with Gasteiger partial charge in [-0.2, -0.15) is 0 Å². The highest BCUT2D eigenvalue weighted by Crippen LogP contribution is 2.36. The minimum Gasteiger partial charge on any atom is -0.385 e. The van der Waals surface area contributed by atoms with Crippen LogP contribution >= 0.6 is 0 Å². The maximum absolute atomic E-state index is 10.3. The fourth-order valence-corrected chi connectivity index (χ4v) is 2.24. The zero-order valence-electron chi connectivity index (χ0n) is 8.88. The normalized spacial score (nSPS) is 33.2. The highest BCUT2D eigenvalue weighted by molar-refractivity contribution is 5.28. The fourth-order valence-electron chi connectivity index (χ4n) is 2.24. The lowest BCUT2D eigenvalue weighted by Crippen LogP contribution is -2.37. The van der Waals surface area contributed by atoms with Crippen LogP contribution < -0.4 is 0 Å². The van der Waals surface area contributed by atoms with Crippen LogP contribution in [0.15, 0.2) is 23.8 Å². The topological polar surface area (TPSA) is 20.2 Å². The van der Waals surface area contributed by atoms with Gasteiger partial charge in [-0.25, -0.2) is 0 Å². The summed E-state index contributed by atoms with van der Waals surface area (Å²) in [5, 5.41) is 10.3. The van der Waals surface area contributed by atoms with Crippen molar-refractivity contribution in [3.63, 3.8) is 0 Å². The van der Waals surface area contributed by atoms with Crippen molar-refractivity contribution in [1.29, 1.82) is 0 Å². The maximum atomic E-state index is 10.3. The minimum absolute atomic E-state index is 0.326. The highest BCUT2D eigenvalue weighted by Gasteiger charge is 2.34.